The summed E-state index contributed by atoms with van der Waals surface area (Å²) in [5.74, 6) is -0.0653. The zero-order chi connectivity index (χ0) is 12.0. The quantitative estimate of drug-likeness (QED) is 0.848. The lowest BCUT2D eigenvalue weighted by molar-refractivity contribution is -0.122. The number of thiophene rings is 1. The Morgan fingerprint density at radius 2 is 2.29 bits per heavy atom. The molecule has 1 unspecified atom stereocenters. The van der Waals surface area contributed by atoms with E-state index in [2.05, 4.69) is 5.32 Å². The van der Waals surface area contributed by atoms with E-state index in [0.717, 1.165) is 23.6 Å². The molecular formula is C11H18Cl2N2OS. The maximum absolute atomic E-state index is 11.5. The minimum absolute atomic E-state index is 0. The third kappa shape index (κ3) is 6.27. The Bertz CT molecular complexity index is 344. The summed E-state index contributed by atoms with van der Waals surface area (Å²) in [6.45, 7) is 2.63. The van der Waals surface area contributed by atoms with Gasteiger partial charge >= 0.3 is 0 Å². The highest BCUT2D eigenvalue weighted by atomic mass is 35.5. The summed E-state index contributed by atoms with van der Waals surface area (Å²) in [5.41, 5.74) is 5.68. The van der Waals surface area contributed by atoms with Gasteiger partial charge in [0.05, 0.1) is 10.4 Å². The maximum Gasteiger partial charge on any atom is 0.236 e. The molecule has 6 heteroatoms. The largest absolute Gasteiger partial charge is 0.354 e. The molecule has 0 saturated carbocycles. The van der Waals surface area contributed by atoms with Crippen LogP contribution in [0.3, 0.4) is 0 Å². The molecule has 3 N–H and O–H groups in total. The highest BCUT2D eigenvalue weighted by Gasteiger charge is 2.11. The van der Waals surface area contributed by atoms with Gasteiger partial charge in [-0.15, -0.1) is 23.7 Å². The van der Waals surface area contributed by atoms with Crippen LogP contribution in [0.4, 0.5) is 0 Å². The summed E-state index contributed by atoms with van der Waals surface area (Å²) in [6.07, 6.45) is 2.47. The maximum atomic E-state index is 11.5. The Hall–Kier alpha value is -0.290. The number of hydrogen-bond acceptors (Lipinski definition) is 3. The third-order valence-electron chi connectivity index (χ3n) is 2.24. The van der Waals surface area contributed by atoms with Crippen LogP contribution in [0.1, 0.15) is 24.6 Å². The molecule has 1 atom stereocenters. The van der Waals surface area contributed by atoms with Crippen molar-refractivity contribution in [2.75, 3.05) is 6.54 Å². The van der Waals surface area contributed by atoms with Gasteiger partial charge in [-0.2, -0.15) is 0 Å². The Kier molecular flexibility index (Phi) is 8.60. The van der Waals surface area contributed by atoms with Crippen LogP contribution < -0.4 is 11.1 Å². The average molecular weight is 297 g/mol. The van der Waals surface area contributed by atoms with Gasteiger partial charge in [0.15, 0.2) is 0 Å². The Morgan fingerprint density at radius 3 is 2.82 bits per heavy atom. The number of nitrogens with two attached hydrogens (primary N) is 1. The first kappa shape index (κ1) is 16.7. The van der Waals surface area contributed by atoms with Crippen molar-refractivity contribution in [3.63, 3.8) is 0 Å². The molecule has 1 rings (SSSR count). The molecule has 0 spiro atoms. The van der Waals surface area contributed by atoms with Crippen LogP contribution in [0.5, 0.6) is 0 Å². The molecule has 0 radical (unpaired) electrons. The zero-order valence-corrected chi connectivity index (χ0v) is 12.1. The van der Waals surface area contributed by atoms with Crippen molar-refractivity contribution in [1.29, 1.82) is 0 Å². The first-order valence-corrected chi connectivity index (χ1v) is 6.60. The summed E-state index contributed by atoms with van der Waals surface area (Å²) >= 11 is 7.35. The lowest BCUT2D eigenvalue weighted by Crippen LogP contribution is -2.41. The predicted octanol–water partition coefficient (Wildman–Crippen LogP) is 2.61. The summed E-state index contributed by atoms with van der Waals surface area (Å²) < 4.78 is 0.781. The SMILES string of the molecule is CCCC(N)C(=O)NCCc1ccc(Cl)s1.Cl. The van der Waals surface area contributed by atoms with Gasteiger partial charge in [0.1, 0.15) is 0 Å². The molecule has 0 aliphatic rings. The number of rotatable bonds is 6. The van der Waals surface area contributed by atoms with E-state index in [9.17, 15) is 4.79 Å². The normalized spacial score (nSPS) is 11.7. The van der Waals surface area contributed by atoms with Crippen LogP contribution in [0.2, 0.25) is 4.34 Å². The van der Waals surface area contributed by atoms with Gasteiger partial charge in [0, 0.05) is 11.4 Å². The molecule has 1 aromatic rings. The molecule has 3 nitrogen and oxygen atoms in total. The minimum atomic E-state index is -0.378. The monoisotopic (exact) mass is 296 g/mol. The van der Waals surface area contributed by atoms with Crippen LogP contribution in [0.25, 0.3) is 0 Å². The summed E-state index contributed by atoms with van der Waals surface area (Å²) in [6, 6.07) is 3.47. The molecular weight excluding hydrogens is 279 g/mol. The molecule has 0 aliphatic heterocycles. The second-order valence-electron chi connectivity index (χ2n) is 3.64. The van der Waals surface area contributed by atoms with Crippen LogP contribution in [-0.4, -0.2) is 18.5 Å². The highest BCUT2D eigenvalue weighted by molar-refractivity contribution is 7.16. The molecule has 0 bridgehead atoms. The minimum Gasteiger partial charge on any atom is -0.354 e. The van der Waals surface area contributed by atoms with Crippen molar-refractivity contribution in [2.24, 2.45) is 5.73 Å². The highest BCUT2D eigenvalue weighted by Crippen LogP contribution is 2.21. The number of carbonyl (C=O) groups excluding carboxylic acids is 1. The molecule has 0 aromatic carbocycles. The van der Waals surface area contributed by atoms with Crippen LogP contribution in [-0.2, 0) is 11.2 Å². The fourth-order valence-electron chi connectivity index (χ4n) is 1.37. The Morgan fingerprint density at radius 1 is 1.59 bits per heavy atom. The fraction of sp³-hybridized carbons (Fsp3) is 0.545. The van der Waals surface area contributed by atoms with Crippen molar-refractivity contribution < 1.29 is 4.79 Å². The zero-order valence-electron chi connectivity index (χ0n) is 9.74. The van der Waals surface area contributed by atoms with Gasteiger partial charge in [-0.3, -0.25) is 4.79 Å². The fourth-order valence-corrected chi connectivity index (χ4v) is 2.46. The van der Waals surface area contributed by atoms with Crippen LogP contribution in [0, 0.1) is 0 Å². The van der Waals surface area contributed by atoms with Crippen LogP contribution in [0.15, 0.2) is 12.1 Å². The van der Waals surface area contributed by atoms with E-state index < -0.39 is 0 Å². The van der Waals surface area contributed by atoms with Gasteiger partial charge in [-0.1, -0.05) is 24.9 Å². The second kappa shape index (κ2) is 8.75. The van der Waals surface area contributed by atoms with Crippen molar-refractivity contribution in [2.45, 2.75) is 32.2 Å². The molecule has 0 saturated heterocycles. The number of nitrogens with one attached hydrogen (secondary N) is 1. The molecule has 1 heterocycles. The number of carbonyl (C=O) groups is 1. The van der Waals surface area contributed by atoms with E-state index in [4.69, 9.17) is 17.3 Å². The van der Waals surface area contributed by atoms with Crippen LogP contribution >= 0.6 is 35.3 Å². The van der Waals surface area contributed by atoms with Crippen molar-refractivity contribution in [3.05, 3.63) is 21.3 Å². The van der Waals surface area contributed by atoms with E-state index in [1.54, 1.807) is 11.3 Å². The molecule has 1 aromatic heterocycles. The number of halogens is 2. The molecule has 0 fully saturated rings. The van der Waals surface area contributed by atoms with Gasteiger partial charge in [-0.25, -0.2) is 0 Å². The Labute approximate surface area is 117 Å². The van der Waals surface area contributed by atoms with Crippen molar-refractivity contribution in [3.8, 4) is 0 Å². The number of hydrogen-bond donors (Lipinski definition) is 2. The Balaban J connectivity index is 0.00000256. The van der Waals surface area contributed by atoms with E-state index in [1.807, 2.05) is 19.1 Å². The van der Waals surface area contributed by atoms with Crippen molar-refractivity contribution >= 4 is 41.3 Å². The van der Waals surface area contributed by atoms with Gasteiger partial charge < -0.3 is 11.1 Å². The van der Waals surface area contributed by atoms with Gasteiger partial charge in [0.2, 0.25) is 5.91 Å². The lowest BCUT2D eigenvalue weighted by atomic mass is 10.1. The van der Waals surface area contributed by atoms with E-state index >= 15 is 0 Å². The van der Waals surface area contributed by atoms with E-state index in [1.165, 1.54) is 4.88 Å². The average Bonchev–Trinajstić information content (AvgIpc) is 2.64. The van der Waals surface area contributed by atoms with Gasteiger partial charge in [0.25, 0.3) is 0 Å². The molecule has 1 amide bonds. The van der Waals surface area contributed by atoms with E-state index in [-0.39, 0.29) is 24.4 Å². The summed E-state index contributed by atoms with van der Waals surface area (Å²) in [5, 5.41) is 2.82. The van der Waals surface area contributed by atoms with Gasteiger partial charge in [-0.05, 0) is 25.0 Å². The standard InChI is InChI=1S/C11H17ClN2OS.ClH/c1-2-3-9(13)11(15)14-7-6-8-4-5-10(12)16-8;/h4-5,9H,2-3,6-7,13H2,1H3,(H,14,15);1H. The first-order valence-electron chi connectivity index (χ1n) is 5.41. The summed E-state index contributed by atoms with van der Waals surface area (Å²) in [4.78, 5) is 12.6. The topological polar surface area (TPSA) is 55.1 Å². The lowest BCUT2D eigenvalue weighted by Gasteiger charge is -2.10. The number of amides is 1. The first-order chi connectivity index (χ1) is 7.63. The molecule has 0 aliphatic carbocycles. The summed E-state index contributed by atoms with van der Waals surface area (Å²) in [7, 11) is 0. The molecule has 17 heavy (non-hydrogen) atoms. The predicted molar refractivity (Wildman–Crippen MR) is 76.2 cm³/mol. The van der Waals surface area contributed by atoms with E-state index in [0.29, 0.717) is 6.54 Å². The second-order valence-corrected chi connectivity index (χ2v) is 5.44. The smallest absolute Gasteiger partial charge is 0.236 e. The third-order valence-corrected chi connectivity index (χ3v) is 3.53. The molecule has 98 valence electrons. The van der Waals surface area contributed by atoms with Crippen molar-refractivity contribution in [1.82, 2.24) is 5.32 Å².